The van der Waals surface area contributed by atoms with E-state index in [1.807, 2.05) is 54.6 Å². The lowest BCUT2D eigenvalue weighted by Crippen LogP contribution is -2.14. The fourth-order valence-corrected chi connectivity index (χ4v) is 2.12. The van der Waals surface area contributed by atoms with Crippen LogP contribution < -0.4 is 10.1 Å². The number of carbonyl (C=O) groups excluding carboxylic acids is 1. The molecule has 0 radical (unpaired) electrons. The van der Waals surface area contributed by atoms with Crippen LogP contribution in [0.5, 0.6) is 5.75 Å². The maximum absolute atomic E-state index is 11.8. The van der Waals surface area contributed by atoms with Gasteiger partial charge in [0.05, 0.1) is 20.3 Å². The largest absolute Gasteiger partial charge is 0.497 e. The number of esters is 1. The number of rotatable bonds is 6. The van der Waals surface area contributed by atoms with Crippen molar-refractivity contribution in [3.05, 3.63) is 71.8 Å². The van der Waals surface area contributed by atoms with E-state index in [9.17, 15) is 4.79 Å². The highest BCUT2D eigenvalue weighted by Gasteiger charge is 2.04. The molecule has 0 heterocycles. The second-order valence-corrected chi connectivity index (χ2v) is 5.06. The molecule has 0 fully saturated rings. The molecule has 2 rings (SSSR count). The van der Waals surface area contributed by atoms with Crippen LogP contribution in [0.1, 0.15) is 18.1 Å². The number of hydrogen-bond acceptors (Lipinski definition) is 4. The van der Waals surface area contributed by atoms with E-state index in [4.69, 9.17) is 9.47 Å². The number of ether oxygens (including phenoxy) is 2. The Morgan fingerprint density at radius 2 is 1.84 bits per heavy atom. The summed E-state index contributed by atoms with van der Waals surface area (Å²) in [5, 5.41) is 3.18. The normalized spacial score (nSPS) is 10.4. The molecule has 2 aromatic carbocycles. The van der Waals surface area contributed by atoms with Crippen molar-refractivity contribution in [2.75, 3.05) is 20.3 Å². The van der Waals surface area contributed by atoms with Crippen molar-refractivity contribution in [2.45, 2.75) is 6.92 Å². The first kappa shape index (κ1) is 18.2. The quantitative estimate of drug-likeness (QED) is 0.500. The summed E-state index contributed by atoms with van der Waals surface area (Å²) in [6, 6.07) is 17.1. The number of methoxy groups -OCH3 is 1. The molecule has 0 aliphatic heterocycles. The SMILES string of the molecule is CCOC(=O)/C=C(\NCC#Cc1ccc(OC)cc1)c1ccccc1. The van der Waals surface area contributed by atoms with Crippen LogP contribution in [-0.4, -0.2) is 26.2 Å². The summed E-state index contributed by atoms with van der Waals surface area (Å²) in [5.41, 5.74) is 2.49. The average molecular weight is 335 g/mol. The Labute approximate surface area is 148 Å². The molecule has 4 heteroatoms. The maximum atomic E-state index is 11.8. The van der Waals surface area contributed by atoms with Crippen molar-refractivity contribution < 1.29 is 14.3 Å². The molecule has 128 valence electrons. The summed E-state index contributed by atoms with van der Waals surface area (Å²) in [4.78, 5) is 11.8. The Morgan fingerprint density at radius 1 is 1.12 bits per heavy atom. The second kappa shape index (κ2) is 9.84. The average Bonchev–Trinajstić information content (AvgIpc) is 2.65. The predicted molar refractivity (Wildman–Crippen MR) is 98.9 cm³/mol. The van der Waals surface area contributed by atoms with Gasteiger partial charge in [-0.15, -0.1) is 0 Å². The summed E-state index contributed by atoms with van der Waals surface area (Å²) < 4.78 is 10.1. The Balaban J connectivity index is 2.05. The van der Waals surface area contributed by atoms with E-state index >= 15 is 0 Å². The summed E-state index contributed by atoms with van der Waals surface area (Å²) in [5.74, 6) is 6.54. The standard InChI is InChI=1S/C21H21NO3/c1-3-25-21(23)16-20(18-9-5-4-6-10-18)22-15-7-8-17-11-13-19(24-2)14-12-17/h4-6,9-14,16,22H,3,15H2,1-2H3/b20-16-. The first-order chi connectivity index (χ1) is 12.2. The summed E-state index contributed by atoms with van der Waals surface area (Å²) >= 11 is 0. The van der Waals surface area contributed by atoms with Crippen LogP contribution >= 0.6 is 0 Å². The van der Waals surface area contributed by atoms with Crippen molar-refractivity contribution >= 4 is 11.7 Å². The van der Waals surface area contributed by atoms with Gasteiger partial charge < -0.3 is 14.8 Å². The fourth-order valence-electron chi connectivity index (χ4n) is 2.12. The fraction of sp³-hybridized carbons (Fsp3) is 0.190. The lowest BCUT2D eigenvalue weighted by molar-refractivity contribution is -0.137. The van der Waals surface area contributed by atoms with Crippen LogP contribution in [-0.2, 0) is 9.53 Å². The minimum atomic E-state index is -0.378. The molecule has 0 saturated carbocycles. The maximum Gasteiger partial charge on any atom is 0.332 e. The number of nitrogens with one attached hydrogen (secondary N) is 1. The number of carbonyl (C=O) groups is 1. The first-order valence-electron chi connectivity index (χ1n) is 8.03. The predicted octanol–water partition coefficient (Wildman–Crippen LogP) is 3.24. The zero-order valence-electron chi connectivity index (χ0n) is 14.4. The lowest BCUT2D eigenvalue weighted by Gasteiger charge is -2.08. The van der Waals surface area contributed by atoms with Gasteiger partial charge in [-0.3, -0.25) is 0 Å². The third-order valence-electron chi connectivity index (χ3n) is 3.32. The molecular formula is C21H21NO3. The van der Waals surface area contributed by atoms with Gasteiger partial charge in [-0.2, -0.15) is 0 Å². The van der Waals surface area contributed by atoms with E-state index in [1.54, 1.807) is 14.0 Å². The molecule has 0 bridgehead atoms. The van der Waals surface area contributed by atoms with Crippen molar-refractivity contribution in [3.63, 3.8) is 0 Å². The highest BCUT2D eigenvalue weighted by atomic mass is 16.5. The Kier molecular flexibility index (Phi) is 7.14. The zero-order chi connectivity index (χ0) is 17.9. The highest BCUT2D eigenvalue weighted by molar-refractivity contribution is 5.90. The number of hydrogen-bond donors (Lipinski definition) is 1. The van der Waals surface area contributed by atoms with Gasteiger partial charge >= 0.3 is 5.97 Å². The van der Waals surface area contributed by atoms with Crippen molar-refractivity contribution in [3.8, 4) is 17.6 Å². The summed E-state index contributed by atoms with van der Waals surface area (Å²) in [6.45, 7) is 2.53. The van der Waals surface area contributed by atoms with Crippen LogP contribution in [0, 0.1) is 11.8 Å². The van der Waals surface area contributed by atoms with Crippen molar-refractivity contribution in [1.29, 1.82) is 0 Å². The Morgan fingerprint density at radius 3 is 2.48 bits per heavy atom. The molecule has 0 amide bonds. The van der Waals surface area contributed by atoms with Gasteiger partial charge in [-0.05, 0) is 36.8 Å². The van der Waals surface area contributed by atoms with Gasteiger partial charge in [0, 0.05) is 17.3 Å². The van der Waals surface area contributed by atoms with Gasteiger partial charge in [0.15, 0.2) is 0 Å². The molecule has 25 heavy (non-hydrogen) atoms. The van der Waals surface area contributed by atoms with E-state index in [1.165, 1.54) is 6.08 Å². The number of benzene rings is 2. The first-order valence-corrected chi connectivity index (χ1v) is 8.03. The van der Waals surface area contributed by atoms with Gasteiger partial charge in [-0.1, -0.05) is 42.2 Å². The molecule has 1 N–H and O–H groups in total. The Hall–Kier alpha value is -3.19. The van der Waals surface area contributed by atoms with E-state index < -0.39 is 0 Å². The van der Waals surface area contributed by atoms with Gasteiger partial charge in [0.1, 0.15) is 5.75 Å². The molecule has 0 atom stereocenters. The molecule has 0 saturated heterocycles. The molecular weight excluding hydrogens is 314 g/mol. The van der Waals surface area contributed by atoms with E-state index in [-0.39, 0.29) is 5.97 Å². The molecule has 0 unspecified atom stereocenters. The third kappa shape index (κ3) is 6.08. The monoisotopic (exact) mass is 335 g/mol. The van der Waals surface area contributed by atoms with Crippen LogP contribution in [0.2, 0.25) is 0 Å². The molecule has 0 spiro atoms. The smallest absolute Gasteiger partial charge is 0.332 e. The molecule has 4 nitrogen and oxygen atoms in total. The van der Waals surface area contributed by atoms with Crippen LogP contribution in [0.4, 0.5) is 0 Å². The van der Waals surface area contributed by atoms with Crippen LogP contribution in [0.15, 0.2) is 60.7 Å². The minimum Gasteiger partial charge on any atom is -0.497 e. The second-order valence-electron chi connectivity index (χ2n) is 5.06. The van der Waals surface area contributed by atoms with Crippen LogP contribution in [0.25, 0.3) is 5.70 Å². The topological polar surface area (TPSA) is 47.6 Å². The van der Waals surface area contributed by atoms with Crippen molar-refractivity contribution in [1.82, 2.24) is 5.32 Å². The zero-order valence-corrected chi connectivity index (χ0v) is 14.4. The van der Waals surface area contributed by atoms with Gasteiger partial charge in [0.25, 0.3) is 0 Å². The molecule has 0 aliphatic carbocycles. The van der Waals surface area contributed by atoms with E-state index in [2.05, 4.69) is 17.2 Å². The van der Waals surface area contributed by atoms with E-state index in [0.29, 0.717) is 18.8 Å². The third-order valence-corrected chi connectivity index (χ3v) is 3.32. The molecule has 2 aromatic rings. The van der Waals surface area contributed by atoms with Crippen LogP contribution in [0.3, 0.4) is 0 Å². The summed E-state index contributed by atoms with van der Waals surface area (Å²) in [7, 11) is 1.63. The lowest BCUT2D eigenvalue weighted by atomic mass is 10.1. The summed E-state index contributed by atoms with van der Waals surface area (Å²) in [6.07, 6.45) is 1.45. The minimum absolute atomic E-state index is 0.342. The molecule has 0 aliphatic rings. The van der Waals surface area contributed by atoms with Gasteiger partial charge in [-0.25, -0.2) is 4.79 Å². The molecule has 0 aromatic heterocycles. The van der Waals surface area contributed by atoms with Crippen molar-refractivity contribution in [2.24, 2.45) is 0 Å². The highest BCUT2D eigenvalue weighted by Crippen LogP contribution is 2.11. The Bertz CT molecular complexity index is 768. The van der Waals surface area contributed by atoms with Gasteiger partial charge in [0.2, 0.25) is 0 Å². The van der Waals surface area contributed by atoms with E-state index in [0.717, 1.165) is 16.9 Å².